The highest BCUT2D eigenvalue weighted by molar-refractivity contribution is 9.10. The first-order chi connectivity index (χ1) is 7.47. The van der Waals surface area contributed by atoms with Gasteiger partial charge in [-0.2, -0.15) is 0 Å². The minimum absolute atomic E-state index is 0.00331. The standard InChI is InChI=1S/C11H12BrNO3/c1-3-9(7(2)14)10-5-4-8(12)6-11(10)13(15)16/h4-6,9H,3H2,1-2H3. The van der Waals surface area contributed by atoms with Gasteiger partial charge in [-0.1, -0.05) is 28.9 Å². The molecule has 0 spiro atoms. The summed E-state index contributed by atoms with van der Waals surface area (Å²) in [6, 6.07) is 4.78. The quantitative estimate of drug-likeness (QED) is 0.629. The monoisotopic (exact) mass is 285 g/mol. The van der Waals surface area contributed by atoms with Crippen LogP contribution >= 0.6 is 15.9 Å². The van der Waals surface area contributed by atoms with Crippen molar-refractivity contribution >= 4 is 27.4 Å². The lowest BCUT2D eigenvalue weighted by Crippen LogP contribution is -2.10. The van der Waals surface area contributed by atoms with Gasteiger partial charge in [0.2, 0.25) is 0 Å². The van der Waals surface area contributed by atoms with Gasteiger partial charge >= 0.3 is 0 Å². The van der Waals surface area contributed by atoms with Crippen LogP contribution in [-0.4, -0.2) is 10.7 Å². The third kappa shape index (κ3) is 2.66. The van der Waals surface area contributed by atoms with Crippen LogP contribution in [0, 0.1) is 10.1 Å². The maximum absolute atomic E-state index is 11.4. The van der Waals surface area contributed by atoms with E-state index in [1.165, 1.54) is 13.0 Å². The molecule has 16 heavy (non-hydrogen) atoms. The largest absolute Gasteiger partial charge is 0.299 e. The lowest BCUT2D eigenvalue weighted by molar-refractivity contribution is -0.385. The number of nitro benzene ring substituents is 1. The van der Waals surface area contributed by atoms with Crippen LogP contribution in [0.15, 0.2) is 22.7 Å². The predicted octanol–water partition coefficient (Wildman–Crippen LogP) is 3.44. The van der Waals surface area contributed by atoms with Crippen LogP contribution in [0.4, 0.5) is 5.69 Å². The summed E-state index contributed by atoms with van der Waals surface area (Å²) in [6.07, 6.45) is 0.567. The van der Waals surface area contributed by atoms with Crippen molar-refractivity contribution in [3.05, 3.63) is 38.3 Å². The van der Waals surface area contributed by atoms with E-state index in [0.717, 1.165) is 0 Å². The molecule has 0 heterocycles. The van der Waals surface area contributed by atoms with E-state index in [4.69, 9.17) is 0 Å². The smallest absolute Gasteiger partial charge is 0.274 e. The molecule has 0 saturated carbocycles. The van der Waals surface area contributed by atoms with Gasteiger partial charge in [-0.05, 0) is 19.4 Å². The number of Topliss-reactive ketones (excluding diaryl/α,β-unsaturated/α-hetero) is 1. The van der Waals surface area contributed by atoms with Crippen LogP contribution < -0.4 is 0 Å². The van der Waals surface area contributed by atoms with Crippen molar-refractivity contribution < 1.29 is 9.72 Å². The summed E-state index contributed by atoms with van der Waals surface area (Å²) in [4.78, 5) is 21.8. The molecule has 0 aromatic heterocycles. The molecular weight excluding hydrogens is 274 g/mol. The van der Waals surface area contributed by atoms with Gasteiger partial charge in [0.25, 0.3) is 5.69 Å². The Hall–Kier alpha value is -1.23. The Balaban J connectivity index is 3.31. The molecule has 86 valence electrons. The summed E-state index contributed by atoms with van der Waals surface area (Å²) in [5.41, 5.74) is 0.486. The number of hydrogen-bond acceptors (Lipinski definition) is 3. The Kier molecular flexibility index (Phi) is 4.18. The summed E-state index contributed by atoms with van der Waals surface area (Å²) >= 11 is 3.18. The van der Waals surface area contributed by atoms with Gasteiger partial charge in [0.05, 0.1) is 4.92 Å². The summed E-state index contributed by atoms with van der Waals surface area (Å²) in [6.45, 7) is 3.30. The van der Waals surface area contributed by atoms with Crippen LogP contribution in [-0.2, 0) is 4.79 Å². The zero-order valence-electron chi connectivity index (χ0n) is 9.07. The van der Waals surface area contributed by atoms with E-state index in [-0.39, 0.29) is 11.5 Å². The van der Waals surface area contributed by atoms with Crippen molar-refractivity contribution in [2.24, 2.45) is 0 Å². The minimum atomic E-state index is -0.453. The number of ketones is 1. The van der Waals surface area contributed by atoms with Gasteiger partial charge in [-0.3, -0.25) is 14.9 Å². The first-order valence-corrected chi connectivity index (χ1v) is 5.71. The van der Waals surface area contributed by atoms with Crippen molar-refractivity contribution in [1.29, 1.82) is 0 Å². The van der Waals surface area contributed by atoms with E-state index in [1.807, 2.05) is 6.92 Å². The van der Waals surface area contributed by atoms with E-state index < -0.39 is 10.8 Å². The molecule has 0 N–H and O–H groups in total. The van der Waals surface area contributed by atoms with Crippen LogP contribution in [0.5, 0.6) is 0 Å². The van der Waals surface area contributed by atoms with Gasteiger partial charge < -0.3 is 0 Å². The van der Waals surface area contributed by atoms with E-state index in [2.05, 4.69) is 15.9 Å². The number of hydrogen-bond donors (Lipinski definition) is 0. The molecule has 0 aliphatic heterocycles. The fourth-order valence-corrected chi connectivity index (χ4v) is 2.04. The topological polar surface area (TPSA) is 60.2 Å². The third-order valence-corrected chi connectivity index (χ3v) is 2.96. The van der Waals surface area contributed by atoms with Crippen molar-refractivity contribution in [2.75, 3.05) is 0 Å². The molecule has 4 nitrogen and oxygen atoms in total. The highest BCUT2D eigenvalue weighted by Crippen LogP contribution is 2.31. The van der Waals surface area contributed by atoms with Gasteiger partial charge in [-0.15, -0.1) is 0 Å². The van der Waals surface area contributed by atoms with Crippen LogP contribution in [0.1, 0.15) is 31.7 Å². The molecule has 1 aromatic rings. The Bertz CT molecular complexity index is 431. The molecule has 0 bridgehead atoms. The lowest BCUT2D eigenvalue weighted by atomic mass is 9.92. The Morgan fingerprint density at radius 3 is 2.62 bits per heavy atom. The average molecular weight is 286 g/mol. The van der Waals surface area contributed by atoms with E-state index >= 15 is 0 Å². The van der Waals surface area contributed by atoms with Crippen molar-refractivity contribution in [3.8, 4) is 0 Å². The molecule has 5 heteroatoms. The van der Waals surface area contributed by atoms with E-state index in [9.17, 15) is 14.9 Å². The number of carbonyl (C=O) groups is 1. The van der Waals surface area contributed by atoms with E-state index in [1.54, 1.807) is 12.1 Å². The molecule has 1 unspecified atom stereocenters. The SMILES string of the molecule is CCC(C(C)=O)c1ccc(Br)cc1[N+](=O)[O-]. The molecular formula is C11H12BrNO3. The lowest BCUT2D eigenvalue weighted by Gasteiger charge is -2.11. The Morgan fingerprint density at radius 2 is 2.19 bits per heavy atom. The third-order valence-electron chi connectivity index (χ3n) is 2.46. The van der Waals surface area contributed by atoms with Gasteiger partial charge in [-0.25, -0.2) is 0 Å². The van der Waals surface area contributed by atoms with Crippen molar-refractivity contribution in [2.45, 2.75) is 26.2 Å². The summed E-state index contributed by atoms with van der Waals surface area (Å²) in [7, 11) is 0. The summed E-state index contributed by atoms with van der Waals surface area (Å²) < 4.78 is 0.640. The Morgan fingerprint density at radius 1 is 1.56 bits per heavy atom. The second-order valence-corrected chi connectivity index (χ2v) is 4.45. The molecule has 0 aliphatic carbocycles. The number of halogens is 1. The number of nitro groups is 1. The molecule has 1 rings (SSSR count). The minimum Gasteiger partial charge on any atom is -0.299 e. The number of carbonyl (C=O) groups excluding carboxylic acids is 1. The zero-order valence-corrected chi connectivity index (χ0v) is 10.7. The molecule has 0 amide bonds. The Labute approximate surface area is 102 Å². The van der Waals surface area contributed by atoms with Gasteiger partial charge in [0, 0.05) is 22.0 Å². The molecule has 1 atom stereocenters. The van der Waals surface area contributed by atoms with Crippen LogP contribution in [0.3, 0.4) is 0 Å². The molecule has 0 fully saturated rings. The van der Waals surface area contributed by atoms with Gasteiger partial charge in [0.1, 0.15) is 5.78 Å². The van der Waals surface area contributed by atoms with E-state index in [0.29, 0.717) is 16.5 Å². The summed E-state index contributed by atoms with van der Waals surface area (Å²) in [5, 5.41) is 10.9. The van der Waals surface area contributed by atoms with Crippen molar-refractivity contribution in [3.63, 3.8) is 0 Å². The maximum Gasteiger partial charge on any atom is 0.274 e. The first kappa shape index (κ1) is 12.8. The summed E-state index contributed by atoms with van der Waals surface area (Å²) in [5.74, 6) is -0.443. The fourth-order valence-electron chi connectivity index (χ4n) is 1.70. The predicted molar refractivity (Wildman–Crippen MR) is 64.5 cm³/mol. The molecule has 0 radical (unpaired) electrons. The fraction of sp³-hybridized carbons (Fsp3) is 0.364. The zero-order chi connectivity index (χ0) is 12.3. The molecule has 1 aromatic carbocycles. The highest BCUT2D eigenvalue weighted by Gasteiger charge is 2.24. The van der Waals surface area contributed by atoms with Crippen LogP contribution in [0.2, 0.25) is 0 Å². The van der Waals surface area contributed by atoms with Crippen molar-refractivity contribution in [1.82, 2.24) is 0 Å². The normalized spacial score (nSPS) is 12.2. The van der Waals surface area contributed by atoms with Gasteiger partial charge in [0.15, 0.2) is 0 Å². The highest BCUT2D eigenvalue weighted by atomic mass is 79.9. The number of rotatable bonds is 4. The number of nitrogens with zero attached hydrogens (tertiary/aromatic N) is 1. The average Bonchev–Trinajstić information content (AvgIpc) is 2.20. The molecule has 0 aliphatic rings. The first-order valence-electron chi connectivity index (χ1n) is 4.91. The van der Waals surface area contributed by atoms with Crippen LogP contribution in [0.25, 0.3) is 0 Å². The number of benzene rings is 1. The molecule has 0 saturated heterocycles. The second-order valence-electron chi connectivity index (χ2n) is 3.53. The maximum atomic E-state index is 11.4. The second kappa shape index (κ2) is 5.21.